The Labute approximate surface area is 93.9 Å². The number of hydrogen-bond donors (Lipinski definition) is 2. The molecule has 0 aliphatic rings. The van der Waals surface area contributed by atoms with Gasteiger partial charge in [-0.1, -0.05) is 17.7 Å². The van der Waals surface area contributed by atoms with E-state index in [4.69, 9.17) is 17.3 Å². The summed E-state index contributed by atoms with van der Waals surface area (Å²) < 4.78 is 0. The number of rotatable bonds is 3. The lowest BCUT2D eigenvalue weighted by Crippen LogP contribution is -2.19. The molecule has 0 heterocycles. The maximum atomic E-state index is 11.1. The fraction of sp³-hybridized carbons (Fsp3) is 0.182. The number of halogens is 1. The summed E-state index contributed by atoms with van der Waals surface area (Å²) in [5, 5.41) is 3.18. The largest absolute Gasteiger partial charge is 0.398 e. The first kappa shape index (κ1) is 11.6. The molecule has 0 bridgehead atoms. The molecule has 15 heavy (non-hydrogen) atoms. The Kier molecular flexibility index (Phi) is 4.18. The number of nitrogen functional groups attached to an aromatic ring is 1. The SMILES string of the molecule is CCNC(=O)/C=C/c1ccc(Cl)c(N)c1. The summed E-state index contributed by atoms with van der Waals surface area (Å²) >= 11 is 5.76. The lowest BCUT2D eigenvalue weighted by atomic mass is 10.2. The molecule has 0 aromatic heterocycles. The van der Waals surface area contributed by atoms with Crippen molar-refractivity contribution in [1.29, 1.82) is 0 Å². The number of nitrogens with two attached hydrogens (primary N) is 1. The lowest BCUT2D eigenvalue weighted by Gasteiger charge is -1.99. The van der Waals surface area contributed by atoms with Crippen LogP contribution in [-0.4, -0.2) is 12.5 Å². The number of carbonyl (C=O) groups is 1. The zero-order valence-electron chi connectivity index (χ0n) is 8.46. The minimum Gasteiger partial charge on any atom is -0.398 e. The second-order valence-electron chi connectivity index (χ2n) is 3.01. The van der Waals surface area contributed by atoms with Gasteiger partial charge >= 0.3 is 0 Å². The van der Waals surface area contributed by atoms with Gasteiger partial charge in [0, 0.05) is 12.6 Å². The van der Waals surface area contributed by atoms with Gasteiger partial charge in [0.25, 0.3) is 0 Å². The number of carbonyl (C=O) groups excluding carboxylic acids is 1. The van der Waals surface area contributed by atoms with Crippen LogP contribution in [0.1, 0.15) is 12.5 Å². The maximum Gasteiger partial charge on any atom is 0.243 e. The Morgan fingerprint density at radius 2 is 2.33 bits per heavy atom. The molecule has 0 unspecified atom stereocenters. The molecule has 0 saturated carbocycles. The summed E-state index contributed by atoms with van der Waals surface area (Å²) in [4.78, 5) is 11.1. The predicted molar refractivity (Wildman–Crippen MR) is 63.6 cm³/mol. The Morgan fingerprint density at radius 3 is 2.93 bits per heavy atom. The number of hydrogen-bond acceptors (Lipinski definition) is 2. The Morgan fingerprint density at radius 1 is 1.60 bits per heavy atom. The van der Waals surface area contributed by atoms with E-state index < -0.39 is 0 Å². The van der Waals surface area contributed by atoms with Crippen LogP contribution in [0.15, 0.2) is 24.3 Å². The summed E-state index contributed by atoms with van der Waals surface area (Å²) in [6.07, 6.45) is 3.16. The first-order valence-corrected chi connectivity index (χ1v) is 5.02. The average molecular weight is 225 g/mol. The first-order chi connectivity index (χ1) is 7.13. The minimum atomic E-state index is -0.119. The van der Waals surface area contributed by atoms with Crippen molar-refractivity contribution >= 4 is 29.3 Å². The van der Waals surface area contributed by atoms with E-state index >= 15 is 0 Å². The van der Waals surface area contributed by atoms with E-state index in [1.807, 2.05) is 6.92 Å². The molecule has 1 aromatic rings. The van der Waals surface area contributed by atoms with E-state index in [0.29, 0.717) is 17.3 Å². The van der Waals surface area contributed by atoms with Crippen molar-refractivity contribution in [3.63, 3.8) is 0 Å². The van der Waals surface area contributed by atoms with Gasteiger partial charge in [-0.05, 0) is 30.7 Å². The third-order valence-corrected chi connectivity index (χ3v) is 2.14. The van der Waals surface area contributed by atoms with Gasteiger partial charge in [-0.25, -0.2) is 0 Å². The molecular weight excluding hydrogens is 212 g/mol. The van der Waals surface area contributed by atoms with Crippen LogP contribution in [0.25, 0.3) is 6.08 Å². The average Bonchev–Trinajstić information content (AvgIpc) is 2.20. The van der Waals surface area contributed by atoms with Crippen LogP contribution in [-0.2, 0) is 4.79 Å². The molecule has 3 N–H and O–H groups in total. The first-order valence-electron chi connectivity index (χ1n) is 4.64. The highest BCUT2D eigenvalue weighted by Crippen LogP contribution is 2.19. The molecular formula is C11H13ClN2O. The molecule has 0 atom stereocenters. The van der Waals surface area contributed by atoms with Crippen LogP contribution in [0.5, 0.6) is 0 Å². The van der Waals surface area contributed by atoms with Crippen molar-refractivity contribution in [2.75, 3.05) is 12.3 Å². The van der Waals surface area contributed by atoms with E-state index in [0.717, 1.165) is 5.56 Å². The van der Waals surface area contributed by atoms with Crippen molar-refractivity contribution in [1.82, 2.24) is 5.32 Å². The summed E-state index contributed by atoms with van der Waals surface area (Å²) in [6.45, 7) is 2.48. The quantitative estimate of drug-likeness (QED) is 0.610. The second kappa shape index (κ2) is 5.41. The Hall–Kier alpha value is -1.48. The number of likely N-dealkylation sites (N-methyl/N-ethyl adjacent to an activating group) is 1. The molecule has 80 valence electrons. The van der Waals surface area contributed by atoms with Crippen LogP contribution < -0.4 is 11.1 Å². The van der Waals surface area contributed by atoms with E-state index in [2.05, 4.69) is 5.32 Å². The predicted octanol–water partition coefficient (Wildman–Crippen LogP) is 2.07. The molecule has 1 amide bonds. The van der Waals surface area contributed by atoms with Crippen molar-refractivity contribution in [3.05, 3.63) is 34.9 Å². The zero-order valence-corrected chi connectivity index (χ0v) is 9.21. The molecule has 0 aliphatic heterocycles. The normalized spacial score (nSPS) is 10.5. The molecule has 0 radical (unpaired) electrons. The van der Waals surface area contributed by atoms with Crippen molar-refractivity contribution in [3.8, 4) is 0 Å². The van der Waals surface area contributed by atoms with Gasteiger partial charge in [-0.2, -0.15) is 0 Å². The molecule has 1 aromatic carbocycles. The third-order valence-electron chi connectivity index (χ3n) is 1.80. The topological polar surface area (TPSA) is 55.1 Å². The number of anilines is 1. The number of amides is 1. The molecule has 0 saturated heterocycles. The van der Waals surface area contributed by atoms with Gasteiger partial charge in [0.2, 0.25) is 5.91 Å². The van der Waals surface area contributed by atoms with Gasteiger partial charge < -0.3 is 11.1 Å². The molecule has 3 nitrogen and oxygen atoms in total. The summed E-state index contributed by atoms with van der Waals surface area (Å²) in [5.74, 6) is -0.119. The minimum absolute atomic E-state index is 0.119. The highest BCUT2D eigenvalue weighted by Gasteiger charge is 1.96. The van der Waals surface area contributed by atoms with Gasteiger partial charge in [0.05, 0.1) is 10.7 Å². The summed E-state index contributed by atoms with van der Waals surface area (Å²) in [5.41, 5.74) is 6.98. The monoisotopic (exact) mass is 224 g/mol. The second-order valence-corrected chi connectivity index (χ2v) is 3.42. The number of benzene rings is 1. The fourth-order valence-corrected chi connectivity index (χ4v) is 1.19. The lowest BCUT2D eigenvalue weighted by molar-refractivity contribution is -0.116. The van der Waals surface area contributed by atoms with Gasteiger partial charge in [0.1, 0.15) is 0 Å². The fourth-order valence-electron chi connectivity index (χ4n) is 1.07. The highest BCUT2D eigenvalue weighted by atomic mass is 35.5. The van der Waals surface area contributed by atoms with Gasteiger partial charge in [-0.15, -0.1) is 0 Å². The smallest absolute Gasteiger partial charge is 0.243 e. The van der Waals surface area contributed by atoms with E-state index in [1.54, 1.807) is 24.3 Å². The van der Waals surface area contributed by atoms with Crippen molar-refractivity contribution in [2.24, 2.45) is 0 Å². The van der Waals surface area contributed by atoms with Crippen LogP contribution >= 0.6 is 11.6 Å². The van der Waals surface area contributed by atoms with Crippen molar-refractivity contribution < 1.29 is 4.79 Å². The maximum absolute atomic E-state index is 11.1. The van der Waals surface area contributed by atoms with Gasteiger partial charge in [0.15, 0.2) is 0 Å². The summed E-state index contributed by atoms with van der Waals surface area (Å²) in [6, 6.07) is 5.22. The standard InChI is InChI=1S/C11H13ClN2O/c1-2-14-11(15)6-4-8-3-5-9(12)10(13)7-8/h3-7H,2,13H2,1H3,(H,14,15)/b6-4+. The summed E-state index contributed by atoms with van der Waals surface area (Å²) in [7, 11) is 0. The van der Waals surface area contributed by atoms with Crippen LogP contribution in [0.2, 0.25) is 5.02 Å². The third kappa shape index (κ3) is 3.64. The molecule has 0 aliphatic carbocycles. The van der Waals surface area contributed by atoms with E-state index in [-0.39, 0.29) is 5.91 Å². The Bertz CT molecular complexity index is 388. The number of nitrogens with one attached hydrogen (secondary N) is 1. The van der Waals surface area contributed by atoms with Crippen LogP contribution in [0.3, 0.4) is 0 Å². The molecule has 0 fully saturated rings. The highest BCUT2D eigenvalue weighted by molar-refractivity contribution is 6.33. The zero-order chi connectivity index (χ0) is 11.3. The molecule has 1 rings (SSSR count). The molecule has 0 spiro atoms. The van der Waals surface area contributed by atoms with E-state index in [1.165, 1.54) is 6.08 Å². The van der Waals surface area contributed by atoms with Crippen LogP contribution in [0.4, 0.5) is 5.69 Å². The Balaban J connectivity index is 2.72. The van der Waals surface area contributed by atoms with Gasteiger partial charge in [-0.3, -0.25) is 4.79 Å². The van der Waals surface area contributed by atoms with E-state index in [9.17, 15) is 4.79 Å². The van der Waals surface area contributed by atoms with Crippen molar-refractivity contribution in [2.45, 2.75) is 6.92 Å². The van der Waals surface area contributed by atoms with Crippen LogP contribution in [0, 0.1) is 0 Å². The molecule has 4 heteroatoms.